The predicted octanol–water partition coefficient (Wildman–Crippen LogP) is 5.49. The highest BCUT2D eigenvalue weighted by Crippen LogP contribution is 2.29. The molecular formula is C63H108N8O15. The molecule has 1 aromatic carbocycles. The molecule has 1 aliphatic rings. The number of hydrogen-bond acceptors (Lipinski definition) is 16. The van der Waals surface area contributed by atoms with Crippen LogP contribution < -0.4 is 43.0 Å². The first-order valence-electron chi connectivity index (χ1n) is 31.9. The number of unbranched alkanes of at least 4 members (excludes halogenated alkanes) is 16. The minimum atomic E-state index is -0.758. The Morgan fingerprint density at radius 3 is 1.55 bits per heavy atom. The van der Waals surface area contributed by atoms with Gasteiger partial charge < -0.3 is 71.9 Å². The molecule has 0 saturated heterocycles. The highest BCUT2D eigenvalue weighted by atomic mass is 16.5. The number of ether oxygens (including phenoxy) is 4. The maximum absolute atomic E-state index is 13.1. The van der Waals surface area contributed by atoms with Gasteiger partial charge in [0, 0.05) is 51.4 Å². The van der Waals surface area contributed by atoms with E-state index in [-0.39, 0.29) is 144 Å². The average Bonchev–Trinajstić information content (AvgIpc) is 3.55. The molecule has 1 aliphatic carbocycles. The number of hydrogen-bond donors (Lipinski definition) is 11. The number of amides is 6. The van der Waals surface area contributed by atoms with Crippen molar-refractivity contribution in [2.75, 3.05) is 92.6 Å². The quantitative estimate of drug-likeness (QED) is 0.0284. The lowest BCUT2D eigenvalue weighted by atomic mass is 9.81. The maximum atomic E-state index is 13.1. The number of likely N-dealkylation sites (N-methyl/N-ethyl adjacent to an activating group) is 1. The summed E-state index contributed by atoms with van der Waals surface area (Å²) >= 11 is 0. The second-order valence-corrected chi connectivity index (χ2v) is 22.6. The highest BCUT2D eigenvalue weighted by molar-refractivity contribution is 5.87. The molecular weight excluding hydrogens is 1110 g/mol. The number of nitrogens with one attached hydrogen (secondary N) is 7. The standard InChI is InChI=1S/C63H108N8O15/c1-48(72)53(71-63(82)51-28-24-50(25-29-51)44-70-57(75)22-17-15-13-11-9-7-5-3-4-6-8-10-12-14-16-18-23-61(79)80)32-33-58(76)67-35-37-83-39-42-86-47-60(78)68-36-38-84-40-41-85-46-59(77)66-34-20-19-21-54(65-2)56(74)45-69-55(62(64)81)43-49-26-30-52(73)31-27-49/h26-27,30-31,50-51,53-55,65,69,72-73H,1,3-25,28-29,32-47H2,2H3,(H2,64,81)(H,66,77)(H,67,76)(H,68,78)(H,70,75)(H,71,82)(H,79,80)/t50-,51-,53-,54-,55-/m0/s1. The van der Waals surface area contributed by atoms with E-state index in [9.17, 15) is 48.6 Å². The van der Waals surface area contributed by atoms with E-state index in [0.717, 1.165) is 56.9 Å². The zero-order chi connectivity index (χ0) is 62.8. The summed E-state index contributed by atoms with van der Waals surface area (Å²) in [5.74, 6) is -2.35. The van der Waals surface area contributed by atoms with Crippen molar-refractivity contribution in [1.82, 2.24) is 37.2 Å². The van der Waals surface area contributed by atoms with Crippen molar-refractivity contribution < 1.29 is 72.6 Å². The Hall–Kier alpha value is -5.72. The van der Waals surface area contributed by atoms with E-state index in [1.54, 1.807) is 19.2 Å². The fourth-order valence-electron chi connectivity index (χ4n) is 10.0. The van der Waals surface area contributed by atoms with Gasteiger partial charge in [-0.2, -0.15) is 0 Å². The molecule has 0 bridgehead atoms. The van der Waals surface area contributed by atoms with E-state index in [1.807, 2.05) is 0 Å². The molecule has 6 amide bonds. The van der Waals surface area contributed by atoms with Crippen molar-refractivity contribution in [3.63, 3.8) is 0 Å². The number of phenols is 1. The van der Waals surface area contributed by atoms with Crippen LogP contribution in [0.1, 0.15) is 179 Å². The number of carboxylic acid groups (broad SMARTS) is 1. The molecule has 1 fully saturated rings. The largest absolute Gasteiger partial charge is 0.511 e. The summed E-state index contributed by atoms with van der Waals surface area (Å²) in [7, 11) is 1.69. The van der Waals surface area contributed by atoms with E-state index in [1.165, 1.54) is 76.3 Å². The summed E-state index contributed by atoms with van der Waals surface area (Å²) in [4.78, 5) is 97.7. The van der Waals surface area contributed by atoms with Gasteiger partial charge in [0.15, 0.2) is 5.78 Å². The number of nitrogens with two attached hydrogens (primary N) is 1. The molecule has 490 valence electrons. The summed E-state index contributed by atoms with van der Waals surface area (Å²) in [6.45, 7) is 5.99. The number of aliphatic carboxylic acids is 1. The molecule has 23 nitrogen and oxygen atoms in total. The van der Waals surface area contributed by atoms with Crippen LogP contribution in [-0.4, -0.2) is 173 Å². The van der Waals surface area contributed by atoms with Gasteiger partial charge >= 0.3 is 5.97 Å². The van der Waals surface area contributed by atoms with Gasteiger partial charge in [0.05, 0.1) is 64.3 Å². The monoisotopic (exact) mass is 1220 g/mol. The fraction of sp³-hybridized carbons (Fsp3) is 0.746. The smallest absolute Gasteiger partial charge is 0.303 e. The van der Waals surface area contributed by atoms with Crippen molar-refractivity contribution >= 4 is 47.2 Å². The fourth-order valence-corrected chi connectivity index (χ4v) is 10.0. The number of aliphatic hydroxyl groups is 1. The van der Waals surface area contributed by atoms with Gasteiger partial charge in [0.1, 0.15) is 24.7 Å². The second-order valence-electron chi connectivity index (χ2n) is 22.6. The molecule has 12 N–H and O–H groups in total. The Morgan fingerprint density at radius 1 is 0.547 bits per heavy atom. The van der Waals surface area contributed by atoms with Gasteiger partial charge in [-0.15, -0.1) is 0 Å². The number of primary amides is 1. The second kappa shape index (κ2) is 50.3. The van der Waals surface area contributed by atoms with E-state index in [2.05, 4.69) is 43.8 Å². The first-order chi connectivity index (χ1) is 41.6. The number of rotatable bonds is 56. The zero-order valence-electron chi connectivity index (χ0n) is 51.7. The third kappa shape index (κ3) is 41.4. The lowest BCUT2D eigenvalue weighted by Crippen LogP contribution is -2.48. The molecule has 0 spiro atoms. The van der Waals surface area contributed by atoms with Crippen LogP contribution in [-0.2, 0) is 63.7 Å². The zero-order valence-corrected chi connectivity index (χ0v) is 51.7. The number of Topliss-reactive ketones (excluding diaryl/α,β-unsaturated/α-hetero) is 1. The minimum absolute atomic E-state index is 0.0468. The number of aromatic hydroxyl groups is 1. The maximum Gasteiger partial charge on any atom is 0.303 e. The Labute approximate surface area is 511 Å². The number of carboxylic acids is 1. The first kappa shape index (κ1) is 76.4. The first-order valence-corrected chi connectivity index (χ1v) is 31.9. The van der Waals surface area contributed by atoms with Gasteiger partial charge in [-0.05, 0) is 101 Å². The van der Waals surface area contributed by atoms with Crippen LogP contribution in [0.4, 0.5) is 0 Å². The number of phenolic OH excluding ortho intramolecular Hbond substituents is 1. The SMILES string of the molecule is C=C(O)[C@H](CCC(=O)NCCOCCOCC(=O)NCCOCCOCC(=O)NCCCC[C@H](NC)C(=O)CN[C@@H](Cc1ccc(O)cc1)C(N)=O)NC(=O)[C@H]1CC[C@H](CNC(=O)CCCCCCCCCCCCCCCCCCC(=O)O)CC1. The van der Waals surface area contributed by atoms with Crippen molar-refractivity contribution in [1.29, 1.82) is 0 Å². The van der Waals surface area contributed by atoms with E-state index in [4.69, 9.17) is 29.8 Å². The van der Waals surface area contributed by atoms with E-state index >= 15 is 0 Å². The van der Waals surface area contributed by atoms with Gasteiger partial charge in [0.2, 0.25) is 35.4 Å². The normalized spacial score (nSPS) is 15.0. The predicted molar refractivity (Wildman–Crippen MR) is 329 cm³/mol. The Balaban J connectivity index is 1.37. The molecule has 0 radical (unpaired) electrons. The van der Waals surface area contributed by atoms with Gasteiger partial charge in [0.25, 0.3) is 0 Å². The lowest BCUT2D eigenvalue weighted by molar-refractivity contribution is -0.137. The summed E-state index contributed by atoms with van der Waals surface area (Å²) in [6.07, 6.45) is 25.0. The third-order valence-corrected chi connectivity index (χ3v) is 15.3. The number of carbonyl (C=O) groups is 8. The molecule has 3 atom stereocenters. The van der Waals surface area contributed by atoms with Gasteiger partial charge in [-0.25, -0.2) is 0 Å². The van der Waals surface area contributed by atoms with Crippen molar-refractivity contribution in [3.8, 4) is 5.75 Å². The molecule has 2 rings (SSSR count). The Morgan fingerprint density at radius 2 is 1.03 bits per heavy atom. The topological polar surface area (TPSA) is 344 Å². The van der Waals surface area contributed by atoms with Crippen molar-refractivity contribution in [3.05, 3.63) is 42.2 Å². The van der Waals surface area contributed by atoms with Crippen LogP contribution in [0.15, 0.2) is 36.6 Å². The molecule has 1 saturated carbocycles. The van der Waals surface area contributed by atoms with Crippen LogP contribution in [0, 0.1) is 11.8 Å². The van der Waals surface area contributed by atoms with Gasteiger partial charge in [-0.3, -0.25) is 43.7 Å². The molecule has 1 aromatic rings. The summed E-state index contributed by atoms with van der Waals surface area (Å²) in [6, 6.07) is 4.47. The molecule has 23 heteroatoms. The molecule has 0 unspecified atom stereocenters. The van der Waals surface area contributed by atoms with Crippen LogP contribution in [0.3, 0.4) is 0 Å². The van der Waals surface area contributed by atoms with Gasteiger partial charge in [-0.1, -0.05) is 109 Å². The van der Waals surface area contributed by atoms with Crippen LogP contribution in [0.25, 0.3) is 0 Å². The summed E-state index contributed by atoms with van der Waals surface area (Å²) < 4.78 is 21.6. The number of aliphatic hydroxyl groups excluding tert-OH is 1. The number of benzene rings is 1. The summed E-state index contributed by atoms with van der Waals surface area (Å²) in [5, 5.41) is 48.5. The molecule has 0 heterocycles. The third-order valence-electron chi connectivity index (χ3n) is 15.3. The van der Waals surface area contributed by atoms with Crippen LogP contribution in [0.5, 0.6) is 5.75 Å². The van der Waals surface area contributed by atoms with Crippen molar-refractivity contribution in [2.24, 2.45) is 17.6 Å². The van der Waals surface area contributed by atoms with E-state index in [0.29, 0.717) is 64.0 Å². The molecule has 0 aromatic heterocycles. The minimum Gasteiger partial charge on any atom is -0.511 e. The van der Waals surface area contributed by atoms with Crippen molar-refractivity contribution in [2.45, 2.75) is 198 Å². The lowest BCUT2D eigenvalue weighted by Gasteiger charge is -2.29. The molecule has 86 heavy (non-hydrogen) atoms. The van der Waals surface area contributed by atoms with Crippen LogP contribution in [0.2, 0.25) is 0 Å². The number of carbonyl (C=O) groups excluding carboxylic acids is 7. The Kier molecular flexibility index (Phi) is 44.7. The average molecular weight is 1220 g/mol. The summed E-state index contributed by atoms with van der Waals surface area (Å²) in [5.41, 5.74) is 6.32. The van der Waals surface area contributed by atoms with E-state index < -0.39 is 30.0 Å². The number of ketones is 1. The Bertz CT molecular complexity index is 2060. The highest BCUT2D eigenvalue weighted by Gasteiger charge is 2.29. The molecule has 0 aliphatic heterocycles. The van der Waals surface area contributed by atoms with Crippen LogP contribution >= 0.6 is 0 Å².